The van der Waals surface area contributed by atoms with Gasteiger partial charge in [-0.3, -0.25) is 9.59 Å². The van der Waals surface area contributed by atoms with Crippen molar-refractivity contribution in [2.45, 2.75) is 13.8 Å². The van der Waals surface area contributed by atoms with E-state index in [1.54, 1.807) is 46.2 Å². The molecule has 148 valence electrons. The summed E-state index contributed by atoms with van der Waals surface area (Å²) in [7, 11) is 0. The van der Waals surface area contributed by atoms with Gasteiger partial charge in [0, 0.05) is 56.1 Å². The molecule has 1 fully saturated rings. The smallest absolute Gasteiger partial charge is 0.253 e. The Hall–Kier alpha value is -2.89. The number of amides is 2. The van der Waals surface area contributed by atoms with Crippen LogP contribution in [0, 0.1) is 5.82 Å². The van der Waals surface area contributed by atoms with Gasteiger partial charge in [0.05, 0.1) is 0 Å². The van der Waals surface area contributed by atoms with E-state index < -0.39 is 0 Å². The number of piperazine rings is 1. The first-order chi connectivity index (χ1) is 13.5. The van der Waals surface area contributed by atoms with Crippen LogP contribution in [0.3, 0.4) is 0 Å². The van der Waals surface area contributed by atoms with Crippen LogP contribution in [0.1, 0.15) is 34.6 Å². The lowest BCUT2D eigenvalue weighted by Gasteiger charge is -2.36. The average Bonchev–Trinajstić information content (AvgIpc) is 2.75. The maximum Gasteiger partial charge on any atom is 0.253 e. The molecule has 0 radical (unpaired) electrons. The first-order valence-electron chi connectivity index (χ1n) is 9.72. The van der Waals surface area contributed by atoms with Gasteiger partial charge in [-0.25, -0.2) is 4.39 Å². The van der Waals surface area contributed by atoms with Crippen molar-refractivity contribution in [2.75, 3.05) is 44.2 Å². The summed E-state index contributed by atoms with van der Waals surface area (Å²) in [6.07, 6.45) is 0. The Bertz CT molecular complexity index is 826. The highest BCUT2D eigenvalue weighted by Crippen LogP contribution is 2.18. The van der Waals surface area contributed by atoms with Gasteiger partial charge in [0.25, 0.3) is 11.8 Å². The van der Waals surface area contributed by atoms with Crippen molar-refractivity contribution in [3.05, 3.63) is 65.5 Å². The van der Waals surface area contributed by atoms with Crippen LogP contribution in [0.15, 0.2) is 48.5 Å². The monoisotopic (exact) mass is 383 g/mol. The fraction of sp³-hybridized carbons (Fsp3) is 0.364. The van der Waals surface area contributed by atoms with E-state index in [1.807, 2.05) is 13.8 Å². The quantitative estimate of drug-likeness (QED) is 0.796. The molecule has 0 spiro atoms. The van der Waals surface area contributed by atoms with E-state index in [4.69, 9.17) is 0 Å². The van der Waals surface area contributed by atoms with E-state index in [2.05, 4.69) is 4.90 Å². The van der Waals surface area contributed by atoms with Gasteiger partial charge in [-0.05, 0) is 56.3 Å². The second kappa shape index (κ2) is 8.87. The van der Waals surface area contributed by atoms with Crippen molar-refractivity contribution in [3.63, 3.8) is 0 Å². The Labute approximate surface area is 165 Å². The van der Waals surface area contributed by atoms with Crippen molar-refractivity contribution in [1.29, 1.82) is 0 Å². The number of benzene rings is 2. The number of hydrogen-bond acceptors (Lipinski definition) is 3. The topological polar surface area (TPSA) is 43.9 Å². The minimum atomic E-state index is -0.253. The van der Waals surface area contributed by atoms with Crippen LogP contribution >= 0.6 is 0 Å². The van der Waals surface area contributed by atoms with Crippen LogP contribution in [0.2, 0.25) is 0 Å². The molecule has 0 N–H and O–H groups in total. The van der Waals surface area contributed by atoms with Crippen LogP contribution in [0.4, 0.5) is 10.1 Å². The van der Waals surface area contributed by atoms with E-state index in [0.717, 1.165) is 5.69 Å². The van der Waals surface area contributed by atoms with Crippen molar-refractivity contribution in [2.24, 2.45) is 0 Å². The van der Waals surface area contributed by atoms with Crippen molar-refractivity contribution >= 4 is 17.5 Å². The fourth-order valence-corrected chi connectivity index (χ4v) is 3.48. The second-order valence-corrected chi connectivity index (χ2v) is 6.81. The molecule has 5 nitrogen and oxygen atoms in total. The number of carbonyl (C=O) groups is 2. The maximum atomic E-state index is 13.1. The molecule has 1 heterocycles. The Morgan fingerprint density at radius 2 is 1.54 bits per heavy atom. The Balaban J connectivity index is 1.66. The minimum absolute atomic E-state index is 0.0548. The Morgan fingerprint density at radius 1 is 0.929 bits per heavy atom. The average molecular weight is 383 g/mol. The number of anilines is 1. The first kappa shape index (κ1) is 19.9. The summed E-state index contributed by atoms with van der Waals surface area (Å²) in [6.45, 7) is 7.71. The number of halogens is 1. The summed E-state index contributed by atoms with van der Waals surface area (Å²) in [6, 6.07) is 13.4. The second-order valence-electron chi connectivity index (χ2n) is 6.81. The molecule has 2 aromatic carbocycles. The molecule has 2 amide bonds. The van der Waals surface area contributed by atoms with E-state index in [9.17, 15) is 14.0 Å². The van der Waals surface area contributed by atoms with Crippen molar-refractivity contribution in [1.82, 2.24) is 9.80 Å². The van der Waals surface area contributed by atoms with Gasteiger partial charge >= 0.3 is 0 Å². The molecule has 3 rings (SSSR count). The summed E-state index contributed by atoms with van der Waals surface area (Å²) in [5, 5.41) is 0. The van der Waals surface area contributed by atoms with Crippen LogP contribution in [0.5, 0.6) is 0 Å². The van der Waals surface area contributed by atoms with Gasteiger partial charge < -0.3 is 14.7 Å². The molecular formula is C22H26FN3O2. The number of carbonyl (C=O) groups excluding carboxylic acids is 2. The lowest BCUT2D eigenvalue weighted by Crippen LogP contribution is -2.48. The largest absolute Gasteiger partial charge is 0.368 e. The third-order valence-electron chi connectivity index (χ3n) is 5.17. The summed E-state index contributed by atoms with van der Waals surface area (Å²) in [5.41, 5.74) is 2.04. The molecular weight excluding hydrogens is 357 g/mol. The first-order valence-corrected chi connectivity index (χ1v) is 9.72. The molecule has 0 unspecified atom stereocenters. The van der Waals surface area contributed by atoms with Crippen LogP contribution in [0.25, 0.3) is 0 Å². The van der Waals surface area contributed by atoms with E-state index in [0.29, 0.717) is 50.4 Å². The zero-order valence-corrected chi connectivity index (χ0v) is 16.4. The minimum Gasteiger partial charge on any atom is -0.368 e. The van der Waals surface area contributed by atoms with E-state index in [1.165, 1.54) is 12.1 Å². The standard InChI is InChI=1S/C22H26FN3O2/c1-3-24(4-2)21(27)17-6-5-7-18(16-17)22(28)26-14-12-25(13-15-26)20-10-8-19(23)9-11-20/h5-11,16H,3-4,12-15H2,1-2H3. The highest BCUT2D eigenvalue weighted by molar-refractivity contribution is 5.99. The Morgan fingerprint density at radius 3 is 2.14 bits per heavy atom. The maximum absolute atomic E-state index is 13.1. The Kier molecular flexibility index (Phi) is 6.29. The fourth-order valence-electron chi connectivity index (χ4n) is 3.48. The predicted octanol–water partition coefficient (Wildman–Crippen LogP) is 3.27. The summed E-state index contributed by atoms with van der Waals surface area (Å²) >= 11 is 0. The molecule has 2 aromatic rings. The van der Waals surface area contributed by atoms with Crippen molar-refractivity contribution < 1.29 is 14.0 Å². The van der Waals surface area contributed by atoms with Gasteiger partial charge in [-0.2, -0.15) is 0 Å². The summed E-state index contributed by atoms with van der Waals surface area (Å²) in [5.74, 6) is -0.370. The van der Waals surface area contributed by atoms with Gasteiger partial charge in [0.2, 0.25) is 0 Å². The van der Waals surface area contributed by atoms with Gasteiger partial charge in [-0.1, -0.05) is 6.07 Å². The molecule has 0 atom stereocenters. The van der Waals surface area contributed by atoms with Gasteiger partial charge in [0.1, 0.15) is 5.82 Å². The highest BCUT2D eigenvalue weighted by atomic mass is 19.1. The van der Waals surface area contributed by atoms with Gasteiger partial charge in [0.15, 0.2) is 0 Å². The molecule has 0 bridgehead atoms. The molecule has 0 saturated carbocycles. The molecule has 28 heavy (non-hydrogen) atoms. The molecule has 1 aliphatic heterocycles. The number of rotatable bonds is 5. The normalized spacial score (nSPS) is 14.1. The molecule has 1 aliphatic rings. The highest BCUT2D eigenvalue weighted by Gasteiger charge is 2.23. The molecule has 0 aromatic heterocycles. The third-order valence-corrected chi connectivity index (χ3v) is 5.17. The van der Waals surface area contributed by atoms with Crippen LogP contribution in [-0.4, -0.2) is 60.9 Å². The van der Waals surface area contributed by atoms with E-state index in [-0.39, 0.29) is 17.6 Å². The zero-order valence-electron chi connectivity index (χ0n) is 16.4. The predicted molar refractivity (Wildman–Crippen MR) is 108 cm³/mol. The molecule has 6 heteroatoms. The summed E-state index contributed by atoms with van der Waals surface area (Å²) in [4.78, 5) is 31.1. The van der Waals surface area contributed by atoms with Gasteiger partial charge in [-0.15, -0.1) is 0 Å². The number of hydrogen-bond donors (Lipinski definition) is 0. The molecule has 0 aliphatic carbocycles. The van der Waals surface area contributed by atoms with Crippen LogP contribution < -0.4 is 4.90 Å². The van der Waals surface area contributed by atoms with Crippen LogP contribution in [-0.2, 0) is 0 Å². The number of nitrogens with zero attached hydrogens (tertiary/aromatic N) is 3. The molecule has 1 saturated heterocycles. The third kappa shape index (κ3) is 4.32. The van der Waals surface area contributed by atoms with Crippen molar-refractivity contribution in [3.8, 4) is 0 Å². The lowest BCUT2D eigenvalue weighted by atomic mass is 10.1. The SMILES string of the molecule is CCN(CC)C(=O)c1cccc(C(=O)N2CCN(c3ccc(F)cc3)CC2)c1. The van der Waals surface area contributed by atoms with E-state index >= 15 is 0 Å². The summed E-state index contributed by atoms with van der Waals surface area (Å²) < 4.78 is 13.1. The lowest BCUT2D eigenvalue weighted by molar-refractivity contribution is 0.0746. The zero-order chi connectivity index (χ0) is 20.1.